The smallest absolute Gasteiger partial charge is 0.280 e. The molecule has 31 heavy (non-hydrogen) atoms. The zero-order valence-corrected chi connectivity index (χ0v) is 16.3. The van der Waals surface area contributed by atoms with Gasteiger partial charge in [0.05, 0.1) is 0 Å². The van der Waals surface area contributed by atoms with E-state index >= 15 is 0 Å². The third-order valence-corrected chi connectivity index (χ3v) is 5.14. The van der Waals surface area contributed by atoms with Crippen LogP contribution in [0.5, 0.6) is 0 Å². The van der Waals surface area contributed by atoms with Crippen LogP contribution in [0.15, 0.2) is 84.9 Å². The van der Waals surface area contributed by atoms with Crippen LogP contribution in [0.25, 0.3) is 21.5 Å². The van der Waals surface area contributed by atoms with Gasteiger partial charge in [0.15, 0.2) is 0 Å². The highest BCUT2D eigenvalue weighted by molar-refractivity contribution is 6.87. The van der Waals surface area contributed by atoms with E-state index < -0.39 is 28.9 Å². The Morgan fingerprint density at radius 2 is 1.06 bits per heavy atom. The molecule has 0 aliphatic heterocycles. The maximum absolute atomic E-state index is 12.6. The molecule has 0 atom stereocenters. The van der Waals surface area contributed by atoms with E-state index in [9.17, 15) is 24.0 Å². The first kappa shape index (κ1) is 20.0. The Labute approximate surface area is 177 Å². The Morgan fingerprint density at radius 3 is 1.77 bits per heavy atom. The number of carbonyl (C=O) groups excluding carboxylic acids is 5. The summed E-state index contributed by atoms with van der Waals surface area (Å²) in [6.07, 6.45) is -0.332. The van der Waals surface area contributed by atoms with E-state index in [1.807, 2.05) is 18.2 Å². The summed E-state index contributed by atoms with van der Waals surface area (Å²) in [5.41, 5.74) is 0.586. The van der Waals surface area contributed by atoms with Crippen molar-refractivity contribution in [2.45, 2.75) is 6.42 Å². The maximum Gasteiger partial charge on any atom is 0.280 e. The maximum atomic E-state index is 12.6. The van der Waals surface area contributed by atoms with Crippen molar-refractivity contribution in [1.82, 2.24) is 0 Å². The summed E-state index contributed by atoms with van der Waals surface area (Å²) in [6, 6.07) is 24.2. The third kappa shape index (κ3) is 3.81. The van der Waals surface area contributed by atoms with E-state index in [2.05, 4.69) is 0 Å². The van der Waals surface area contributed by atoms with E-state index in [0.29, 0.717) is 16.3 Å². The van der Waals surface area contributed by atoms with Gasteiger partial charge < -0.3 is 0 Å². The molecule has 5 heteroatoms. The van der Waals surface area contributed by atoms with E-state index in [1.54, 1.807) is 60.7 Å². The van der Waals surface area contributed by atoms with Crippen molar-refractivity contribution in [3.8, 4) is 0 Å². The Hall–Kier alpha value is -4.25. The van der Waals surface area contributed by atoms with Gasteiger partial charge in [0.2, 0.25) is 11.6 Å². The second-order valence-corrected chi connectivity index (χ2v) is 7.08. The number of fused-ring (bicyclic) bond motifs is 2. The first-order valence-electron chi connectivity index (χ1n) is 9.62. The molecule has 5 nitrogen and oxygen atoms in total. The van der Waals surface area contributed by atoms with Crippen molar-refractivity contribution in [2.24, 2.45) is 0 Å². The predicted octanol–water partition coefficient (Wildman–Crippen LogP) is 3.69. The third-order valence-electron chi connectivity index (χ3n) is 5.14. The second-order valence-electron chi connectivity index (χ2n) is 7.08. The van der Waals surface area contributed by atoms with Crippen molar-refractivity contribution in [1.29, 1.82) is 0 Å². The molecule has 0 aliphatic carbocycles. The van der Waals surface area contributed by atoms with Gasteiger partial charge in [-0.25, -0.2) is 0 Å². The summed E-state index contributed by atoms with van der Waals surface area (Å²) in [6.45, 7) is 0. The highest BCUT2D eigenvalue weighted by Crippen LogP contribution is 2.20. The molecule has 0 aliphatic rings. The molecule has 0 bridgehead atoms. The van der Waals surface area contributed by atoms with Gasteiger partial charge in [0.25, 0.3) is 17.3 Å². The SMILES string of the molecule is O=C(Cc1cccc2ccccc12)C(=O)C(=O)C(=O)C(=O)c1cccc2ccccc12. The van der Waals surface area contributed by atoms with Crippen LogP contribution in [0.4, 0.5) is 0 Å². The number of rotatable bonds is 7. The van der Waals surface area contributed by atoms with E-state index in [0.717, 1.165) is 10.8 Å². The fourth-order valence-electron chi connectivity index (χ4n) is 3.58. The number of ketones is 5. The topological polar surface area (TPSA) is 85.3 Å². The predicted molar refractivity (Wildman–Crippen MR) is 116 cm³/mol. The monoisotopic (exact) mass is 408 g/mol. The lowest BCUT2D eigenvalue weighted by Crippen LogP contribution is -2.35. The Bertz CT molecular complexity index is 1390. The molecule has 4 aromatic rings. The van der Waals surface area contributed by atoms with Gasteiger partial charge in [0.1, 0.15) is 0 Å². The number of benzene rings is 4. The van der Waals surface area contributed by atoms with E-state index in [4.69, 9.17) is 0 Å². The number of hydrogen-bond donors (Lipinski definition) is 0. The fraction of sp³-hybridized carbons (Fsp3) is 0.0385. The number of carbonyl (C=O) groups is 5. The molecule has 0 fully saturated rings. The summed E-state index contributed by atoms with van der Waals surface area (Å²) in [7, 11) is 0. The Kier molecular flexibility index (Phi) is 5.33. The van der Waals surface area contributed by atoms with Crippen molar-refractivity contribution < 1.29 is 24.0 Å². The lowest BCUT2D eigenvalue weighted by Gasteiger charge is -2.06. The van der Waals surface area contributed by atoms with E-state index in [1.165, 1.54) is 6.07 Å². The summed E-state index contributed by atoms with van der Waals surface area (Å²) in [5.74, 6) is -6.73. The van der Waals surface area contributed by atoms with Crippen molar-refractivity contribution in [3.63, 3.8) is 0 Å². The van der Waals surface area contributed by atoms with Gasteiger partial charge in [0, 0.05) is 12.0 Å². The number of hydrogen-bond acceptors (Lipinski definition) is 5. The molecule has 0 heterocycles. The molecule has 0 saturated heterocycles. The van der Waals surface area contributed by atoms with Crippen molar-refractivity contribution >= 4 is 50.5 Å². The lowest BCUT2D eigenvalue weighted by atomic mass is 9.94. The second kappa shape index (κ2) is 8.24. The van der Waals surface area contributed by atoms with Gasteiger partial charge in [-0.05, 0) is 27.1 Å². The van der Waals surface area contributed by atoms with Gasteiger partial charge in [-0.15, -0.1) is 0 Å². The average Bonchev–Trinajstić information content (AvgIpc) is 2.82. The molecule has 0 amide bonds. The average molecular weight is 408 g/mol. The molecule has 0 radical (unpaired) electrons. The summed E-state index contributed by atoms with van der Waals surface area (Å²) in [5, 5.41) is 2.86. The minimum absolute atomic E-state index is 0.0192. The molecule has 150 valence electrons. The molecule has 0 unspecified atom stereocenters. The molecule has 4 aromatic carbocycles. The largest absolute Gasteiger partial charge is 0.290 e. The summed E-state index contributed by atoms with van der Waals surface area (Å²) >= 11 is 0. The van der Waals surface area contributed by atoms with E-state index in [-0.39, 0.29) is 12.0 Å². The van der Waals surface area contributed by atoms with Gasteiger partial charge in [-0.3, -0.25) is 24.0 Å². The van der Waals surface area contributed by atoms with Crippen LogP contribution in [0.2, 0.25) is 0 Å². The Balaban J connectivity index is 1.55. The quantitative estimate of drug-likeness (QED) is 0.264. The molecule has 0 N–H and O–H groups in total. The normalized spacial score (nSPS) is 10.7. The molecule has 0 aromatic heterocycles. The zero-order valence-electron chi connectivity index (χ0n) is 16.3. The van der Waals surface area contributed by atoms with Crippen LogP contribution in [0.1, 0.15) is 15.9 Å². The number of Topliss-reactive ketones (excluding diaryl/α,β-unsaturated/α-hetero) is 5. The zero-order chi connectivity index (χ0) is 22.0. The van der Waals surface area contributed by atoms with Gasteiger partial charge >= 0.3 is 0 Å². The minimum atomic E-state index is -1.61. The van der Waals surface area contributed by atoms with Gasteiger partial charge in [-0.1, -0.05) is 84.9 Å². The minimum Gasteiger partial charge on any atom is -0.290 e. The molecule has 0 spiro atoms. The van der Waals surface area contributed by atoms with Crippen LogP contribution in [-0.2, 0) is 25.6 Å². The molecule has 0 saturated carbocycles. The van der Waals surface area contributed by atoms with Crippen LogP contribution in [0.3, 0.4) is 0 Å². The van der Waals surface area contributed by atoms with Crippen molar-refractivity contribution in [3.05, 3.63) is 96.1 Å². The van der Waals surface area contributed by atoms with Crippen LogP contribution in [0, 0.1) is 0 Å². The molecular weight excluding hydrogens is 392 g/mol. The lowest BCUT2D eigenvalue weighted by molar-refractivity contribution is -0.147. The summed E-state index contributed by atoms with van der Waals surface area (Å²) in [4.78, 5) is 62.2. The summed E-state index contributed by atoms with van der Waals surface area (Å²) < 4.78 is 0. The first-order chi connectivity index (χ1) is 15.0. The highest BCUT2D eigenvalue weighted by atomic mass is 16.2. The highest BCUT2D eigenvalue weighted by Gasteiger charge is 2.34. The fourth-order valence-corrected chi connectivity index (χ4v) is 3.58. The standard InChI is InChI=1S/C26H16O5/c27-22(15-18-11-5-9-16-7-1-3-12-19(16)18)24(29)26(31)25(30)23(28)21-14-6-10-17-8-2-4-13-20(17)21/h1-14H,15H2. The molecule has 4 rings (SSSR count). The van der Waals surface area contributed by atoms with Crippen LogP contribution < -0.4 is 0 Å². The van der Waals surface area contributed by atoms with Crippen molar-refractivity contribution in [2.75, 3.05) is 0 Å². The Morgan fingerprint density at radius 1 is 0.516 bits per heavy atom. The van der Waals surface area contributed by atoms with Gasteiger partial charge in [-0.2, -0.15) is 0 Å². The van der Waals surface area contributed by atoms with Crippen LogP contribution in [-0.4, -0.2) is 28.9 Å². The van der Waals surface area contributed by atoms with Crippen LogP contribution >= 0.6 is 0 Å². The first-order valence-corrected chi connectivity index (χ1v) is 9.62. The molecular formula is C26H16O5.